The maximum atomic E-state index is 11.8. The molecule has 136 valence electrons. The van der Waals surface area contributed by atoms with Gasteiger partial charge in [0.05, 0.1) is 17.1 Å². The number of benzene rings is 1. The summed E-state index contributed by atoms with van der Waals surface area (Å²) in [5, 5.41) is 13.6. The van der Waals surface area contributed by atoms with Crippen molar-refractivity contribution in [2.24, 2.45) is 0 Å². The fraction of sp³-hybridized carbons (Fsp3) is 0.500. The summed E-state index contributed by atoms with van der Waals surface area (Å²) in [5.74, 6) is -0.199. The van der Waals surface area contributed by atoms with Crippen molar-refractivity contribution in [2.45, 2.75) is 32.5 Å². The average Bonchev–Trinajstić information content (AvgIpc) is 2.56. The maximum absolute atomic E-state index is 11.8. The third-order valence-corrected chi connectivity index (χ3v) is 3.95. The molecule has 1 aliphatic heterocycles. The van der Waals surface area contributed by atoms with Gasteiger partial charge < -0.3 is 10.1 Å². The van der Waals surface area contributed by atoms with Gasteiger partial charge in [-0.05, 0) is 31.9 Å². The van der Waals surface area contributed by atoms with Crippen LogP contribution in [0.2, 0.25) is 0 Å². The van der Waals surface area contributed by atoms with Crippen molar-refractivity contribution in [1.29, 1.82) is 0 Å². The quantitative estimate of drug-likeness (QED) is 0.354. The molecule has 1 N–H and O–H groups in total. The molecule has 7 heteroatoms. The number of rotatable bonds is 7. The highest BCUT2D eigenvalue weighted by molar-refractivity contribution is 5.91. The largest absolute Gasteiger partial charge is 0.373 e. The van der Waals surface area contributed by atoms with Crippen molar-refractivity contribution in [3.63, 3.8) is 0 Å². The molecule has 0 saturated carbocycles. The molecule has 1 aliphatic rings. The van der Waals surface area contributed by atoms with Crippen molar-refractivity contribution >= 4 is 17.7 Å². The lowest BCUT2D eigenvalue weighted by Gasteiger charge is -2.35. The third-order valence-electron chi connectivity index (χ3n) is 3.95. The zero-order chi connectivity index (χ0) is 18.2. The summed E-state index contributed by atoms with van der Waals surface area (Å²) in [6.07, 6.45) is 4.34. The Morgan fingerprint density at radius 3 is 2.80 bits per heavy atom. The normalized spacial score (nSPS) is 21.4. The maximum Gasteiger partial charge on any atom is 0.270 e. The Kier molecular flexibility index (Phi) is 7.09. The van der Waals surface area contributed by atoms with Gasteiger partial charge in [-0.3, -0.25) is 19.8 Å². The van der Waals surface area contributed by atoms with E-state index in [2.05, 4.69) is 24.1 Å². The van der Waals surface area contributed by atoms with E-state index in [1.165, 1.54) is 18.2 Å². The Labute approximate surface area is 147 Å². The smallest absolute Gasteiger partial charge is 0.270 e. The first-order valence-corrected chi connectivity index (χ1v) is 8.52. The van der Waals surface area contributed by atoms with Crippen LogP contribution in [0.4, 0.5) is 5.69 Å². The highest BCUT2D eigenvalue weighted by Gasteiger charge is 2.21. The first kappa shape index (κ1) is 19.1. The lowest BCUT2D eigenvalue weighted by Crippen LogP contribution is -2.46. The van der Waals surface area contributed by atoms with Crippen LogP contribution in [0.5, 0.6) is 0 Å². The molecule has 0 aliphatic carbocycles. The first-order chi connectivity index (χ1) is 11.9. The van der Waals surface area contributed by atoms with E-state index >= 15 is 0 Å². The summed E-state index contributed by atoms with van der Waals surface area (Å²) in [7, 11) is 0. The van der Waals surface area contributed by atoms with Crippen LogP contribution in [0.25, 0.3) is 6.08 Å². The molecule has 1 fully saturated rings. The van der Waals surface area contributed by atoms with Crippen LogP contribution in [0, 0.1) is 10.1 Å². The molecule has 0 radical (unpaired) electrons. The van der Waals surface area contributed by atoms with Gasteiger partial charge in [0.15, 0.2) is 0 Å². The van der Waals surface area contributed by atoms with Crippen molar-refractivity contribution in [3.8, 4) is 0 Å². The SMILES string of the molecule is CC1CN(CCCNC(=O)/C=C/c2cccc([N+](=O)[O-])c2)CC(C)O1. The summed E-state index contributed by atoms with van der Waals surface area (Å²) < 4.78 is 5.70. The fourth-order valence-electron chi connectivity index (χ4n) is 2.95. The number of nitrogens with zero attached hydrogens (tertiary/aromatic N) is 2. The zero-order valence-corrected chi connectivity index (χ0v) is 14.7. The Bertz CT molecular complexity index is 623. The fourth-order valence-corrected chi connectivity index (χ4v) is 2.95. The van der Waals surface area contributed by atoms with Gasteiger partial charge in [-0.25, -0.2) is 0 Å². The molecule has 1 amide bonds. The van der Waals surface area contributed by atoms with E-state index in [9.17, 15) is 14.9 Å². The second-order valence-electron chi connectivity index (χ2n) is 6.35. The minimum Gasteiger partial charge on any atom is -0.373 e. The molecular formula is C18H25N3O4. The molecule has 7 nitrogen and oxygen atoms in total. The molecule has 0 bridgehead atoms. The van der Waals surface area contributed by atoms with Crippen LogP contribution in [0.1, 0.15) is 25.8 Å². The molecule has 2 unspecified atom stereocenters. The van der Waals surface area contributed by atoms with Crippen molar-refractivity contribution in [2.75, 3.05) is 26.2 Å². The number of non-ortho nitro benzene ring substituents is 1. The summed E-state index contributed by atoms with van der Waals surface area (Å²) >= 11 is 0. The number of hydrogen-bond donors (Lipinski definition) is 1. The van der Waals surface area contributed by atoms with Crippen LogP contribution >= 0.6 is 0 Å². The highest BCUT2D eigenvalue weighted by atomic mass is 16.6. The van der Waals surface area contributed by atoms with Gasteiger partial charge in [0.2, 0.25) is 5.91 Å². The molecule has 1 aromatic rings. The number of nitro benzene ring substituents is 1. The summed E-state index contributed by atoms with van der Waals surface area (Å²) in [6, 6.07) is 6.17. The molecule has 1 heterocycles. The van der Waals surface area contributed by atoms with Crippen LogP contribution < -0.4 is 5.32 Å². The molecule has 1 aromatic carbocycles. The third kappa shape index (κ3) is 6.64. The Balaban J connectivity index is 1.70. The standard InChI is InChI=1S/C18H25N3O4/c1-14-12-20(13-15(2)25-14)10-4-9-19-18(22)8-7-16-5-3-6-17(11-16)21(23)24/h3,5-8,11,14-15H,4,9-10,12-13H2,1-2H3,(H,19,22)/b8-7+. The van der Waals surface area contributed by atoms with Gasteiger partial charge >= 0.3 is 0 Å². The topological polar surface area (TPSA) is 84.7 Å². The average molecular weight is 347 g/mol. The molecule has 2 atom stereocenters. The van der Waals surface area contributed by atoms with Crippen molar-refractivity contribution in [3.05, 3.63) is 46.0 Å². The number of carbonyl (C=O) groups excluding carboxylic acids is 1. The van der Waals surface area contributed by atoms with E-state index in [0.717, 1.165) is 26.1 Å². The Morgan fingerprint density at radius 2 is 2.12 bits per heavy atom. The summed E-state index contributed by atoms with van der Waals surface area (Å²) in [5.41, 5.74) is 0.636. The van der Waals surface area contributed by atoms with E-state index < -0.39 is 4.92 Å². The van der Waals surface area contributed by atoms with E-state index in [1.807, 2.05) is 0 Å². The number of ether oxygens (including phenoxy) is 1. The van der Waals surface area contributed by atoms with E-state index in [4.69, 9.17) is 4.74 Å². The van der Waals surface area contributed by atoms with E-state index in [-0.39, 0.29) is 23.8 Å². The lowest BCUT2D eigenvalue weighted by atomic mass is 10.2. The number of morpholine rings is 1. The van der Waals surface area contributed by atoms with Gasteiger partial charge in [-0.1, -0.05) is 12.1 Å². The highest BCUT2D eigenvalue weighted by Crippen LogP contribution is 2.14. The summed E-state index contributed by atoms with van der Waals surface area (Å²) in [4.78, 5) is 24.4. The first-order valence-electron chi connectivity index (χ1n) is 8.52. The van der Waals surface area contributed by atoms with E-state index in [0.29, 0.717) is 12.1 Å². The van der Waals surface area contributed by atoms with Crippen molar-refractivity contribution < 1.29 is 14.5 Å². The van der Waals surface area contributed by atoms with E-state index in [1.54, 1.807) is 18.2 Å². The Hall–Kier alpha value is -2.25. The van der Waals surface area contributed by atoms with Crippen LogP contribution in [0.3, 0.4) is 0 Å². The number of nitro groups is 1. The minimum atomic E-state index is -0.454. The molecular weight excluding hydrogens is 322 g/mol. The molecule has 0 aromatic heterocycles. The number of nitrogens with one attached hydrogen (secondary N) is 1. The predicted octanol–water partition coefficient (Wildman–Crippen LogP) is 2.22. The monoisotopic (exact) mass is 347 g/mol. The van der Waals surface area contributed by atoms with Gasteiger partial charge in [0, 0.05) is 44.4 Å². The second-order valence-corrected chi connectivity index (χ2v) is 6.35. The van der Waals surface area contributed by atoms with Gasteiger partial charge in [-0.2, -0.15) is 0 Å². The van der Waals surface area contributed by atoms with Gasteiger partial charge in [0.1, 0.15) is 0 Å². The number of carbonyl (C=O) groups is 1. The number of hydrogen-bond acceptors (Lipinski definition) is 5. The van der Waals surface area contributed by atoms with Crippen LogP contribution in [0.15, 0.2) is 30.3 Å². The zero-order valence-electron chi connectivity index (χ0n) is 14.7. The molecule has 2 rings (SSSR count). The molecule has 25 heavy (non-hydrogen) atoms. The summed E-state index contributed by atoms with van der Waals surface area (Å²) in [6.45, 7) is 7.51. The minimum absolute atomic E-state index is 0.0107. The lowest BCUT2D eigenvalue weighted by molar-refractivity contribution is -0.384. The van der Waals surface area contributed by atoms with Gasteiger partial charge in [0.25, 0.3) is 5.69 Å². The predicted molar refractivity (Wildman–Crippen MR) is 96.2 cm³/mol. The van der Waals surface area contributed by atoms with Gasteiger partial charge in [-0.15, -0.1) is 0 Å². The molecule has 1 saturated heterocycles. The van der Waals surface area contributed by atoms with Crippen LogP contribution in [-0.4, -0.2) is 54.1 Å². The number of amides is 1. The molecule has 0 spiro atoms. The van der Waals surface area contributed by atoms with Crippen LogP contribution in [-0.2, 0) is 9.53 Å². The Morgan fingerprint density at radius 1 is 1.40 bits per heavy atom. The second kappa shape index (κ2) is 9.29. The van der Waals surface area contributed by atoms with Crippen molar-refractivity contribution in [1.82, 2.24) is 10.2 Å².